The Hall–Kier alpha value is -1.67. The van der Waals surface area contributed by atoms with Crippen LogP contribution in [0.1, 0.15) is 30.5 Å². The van der Waals surface area contributed by atoms with Gasteiger partial charge in [0, 0.05) is 38.5 Å². The zero-order valence-corrected chi connectivity index (χ0v) is 9.78. The van der Waals surface area contributed by atoms with Gasteiger partial charge in [-0.3, -0.25) is 4.79 Å². The van der Waals surface area contributed by atoms with Crippen LogP contribution in [0.3, 0.4) is 0 Å². The van der Waals surface area contributed by atoms with Crippen LogP contribution < -0.4 is 10.9 Å². The average Bonchev–Trinajstić information content (AvgIpc) is 2.35. The average molecular weight is 232 g/mol. The Morgan fingerprint density at radius 2 is 2.41 bits per heavy atom. The molecule has 1 aliphatic rings. The van der Waals surface area contributed by atoms with Gasteiger partial charge in [0.2, 0.25) is 0 Å². The fourth-order valence-corrected chi connectivity index (χ4v) is 1.99. The maximum absolute atomic E-state index is 11.8. The van der Waals surface area contributed by atoms with Crippen LogP contribution >= 0.6 is 0 Å². The van der Waals surface area contributed by atoms with Crippen LogP contribution in [0, 0.1) is 11.3 Å². The topological polar surface area (TPSA) is 70.7 Å². The van der Waals surface area contributed by atoms with Crippen molar-refractivity contribution in [1.29, 1.82) is 5.26 Å². The van der Waals surface area contributed by atoms with Crippen molar-refractivity contribution in [3.05, 3.63) is 27.7 Å². The highest BCUT2D eigenvalue weighted by Gasteiger charge is 2.12. The lowest BCUT2D eigenvalue weighted by Gasteiger charge is -2.16. The molecule has 1 N–H and O–H groups in total. The summed E-state index contributed by atoms with van der Waals surface area (Å²) in [4.78, 5) is 11.8. The standard InChI is InChI=1S/C12H16N4O/c13-5-2-1-3-7-16-12(17)8-10-9-14-6-4-11(10)15-16/h8,14H,1-4,6-7,9H2. The molecule has 2 rings (SSSR count). The lowest BCUT2D eigenvalue weighted by Crippen LogP contribution is -2.31. The zero-order valence-electron chi connectivity index (χ0n) is 9.78. The van der Waals surface area contributed by atoms with Crippen molar-refractivity contribution in [3.8, 4) is 6.07 Å². The van der Waals surface area contributed by atoms with Crippen molar-refractivity contribution < 1.29 is 0 Å². The highest BCUT2D eigenvalue weighted by atomic mass is 16.1. The fraction of sp³-hybridized carbons (Fsp3) is 0.583. The van der Waals surface area contributed by atoms with Crippen molar-refractivity contribution >= 4 is 0 Å². The van der Waals surface area contributed by atoms with Crippen molar-refractivity contribution in [3.63, 3.8) is 0 Å². The van der Waals surface area contributed by atoms with Gasteiger partial charge >= 0.3 is 0 Å². The summed E-state index contributed by atoms with van der Waals surface area (Å²) in [5.74, 6) is 0. The molecule has 0 aliphatic carbocycles. The highest BCUT2D eigenvalue weighted by Crippen LogP contribution is 2.07. The first kappa shape index (κ1) is 11.8. The van der Waals surface area contributed by atoms with Gasteiger partial charge in [-0.15, -0.1) is 0 Å². The minimum atomic E-state index is -0.0376. The number of nitriles is 1. The third-order valence-electron chi connectivity index (χ3n) is 2.93. The van der Waals surface area contributed by atoms with Crippen molar-refractivity contribution in [2.45, 2.75) is 38.8 Å². The second-order valence-electron chi connectivity index (χ2n) is 4.22. The molecule has 0 unspecified atom stereocenters. The second kappa shape index (κ2) is 5.60. The molecule has 0 saturated heterocycles. The molecule has 0 bridgehead atoms. The molecule has 2 heterocycles. The van der Waals surface area contributed by atoms with E-state index in [-0.39, 0.29) is 5.56 Å². The summed E-state index contributed by atoms with van der Waals surface area (Å²) in [6.07, 6.45) is 3.08. The van der Waals surface area contributed by atoms with Crippen molar-refractivity contribution in [1.82, 2.24) is 15.1 Å². The van der Waals surface area contributed by atoms with Gasteiger partial charge in [0.1, 0.15) is 0 Å². The summed E-state index contributed by atoms with van der Waals surface area (Å²) in [6, 6.07) is 3.78. The third kappa shape index (κ3) is 2.92. The van der Waals surface area contributed by atoms with E-state index in [1.807, 2.05) is 0 Å². The molecular weight excluding hydrogens is 216 g/mol. The van der Waals surface area contributed by atoms with Gasteiger partial charge in [-0.25, -0.2) is 4.68 Å². The molecule has 0 fully saturated rings. The SMILES string of the molecule is N#CCCCCn1nc2c(cc1=O)CNCC2. The van der Waals surface area contributed by atoms with Crippen LogP contribution in [0.25, 0.3) is 0 Å². The van der Waals surface area contributed by atoms with Gasteiger partial charge in [0.15, 0.2) is 0 Å². The third-order valence-corrected chi connectivity index (χ3v) is 2.93. The van der Waals surface area contributed by atoms with Crippen molar-refractivity contribution in [2.75, 3.05) is 6.54 Å². The summed E-state index contributed by atoms with van der Waals surface area (Å²) in [6.45, 7) is 2.28. The molecule has 1 aromatic rings. The number of nitrogens with one attached hydrogen (secondary N) is 1. The molecule has 0 atom stereocenters. The van der Waals surface area contributed by atoms with Crippen LogP contribution in [0.15, 0.2) is 10.9 Å². The summed E-state index contributed by atoms with van der Waals surface area (Å²) in [7, 11) is 0. The lowest BCUT2D eigenvalue weighted by molar-refractivity contribution is 0.507. The largest absolute Gasteiger partial charge is 0.312 e. The van der Waals surface area contributed by atoms with Gasteiger partial charge in [0.05, 0.1) is 11.8 Å². The van der Waals surface area contributed by atoms with E-state index in [9.17, 15) is 4.79 Å². The first-order valence-corrected chi connectivity index (χ1v) is 5.99. The minimum absolute atomic E-state index is 0.0376. The van der Waals surface area contributed by atoms with Crippen LogP contribution in [0.2, 0.25) is 0 Å². The smallest absolute Gasteiger partial charge is 0.267 e. The molecule has 5 heteroatoms. The lowest BCUT2D eigenvalue weighted by atomic mass is 10.1. The van der Waals surface area contributed by atoms with Gasteiger partial charge in [-0.1, -0.05) is 0 Å². The van der Waals surface area contributed by atoms with Gasteiger partial charge in [-0.05, 0) is 18.4 Å². The Morgan fingerprint density at radius 3 is 3.24 bits per heavy atom. The van der Waals surface area contributed by atoms with E-state index in [0.717, 1.165) is 43.6 Å². The molecule has 0 spiro atoms. The van der Waals surface area contributed by atoms with Gasteiger partial charge in [0.25, 0.3) is 5.56 Å². The molecular formula is C12H16N4O. The predicted molar refractivity (Wildman–Crippen MR) is 63.4 cm³/mol. The molecule has 5 nitrogen and oxygen atoms in total. The number of rotatable bonds is 4. The van der Waals surface area contributed by atoms with Crippen molar-refractivity contribution in [2.24, 2.45) is 0 Å². The van der Waals surface area contributed by atoms with Crippen LogP contribution in [-0.4, -0.2) is 16.3 Å². The Labute approximate surface area is 100 Å². The van der Waals surface area contributed by atoms with Crippen LogP contribution in [0.5, 0.6) is 0 Å². The number of aryl methyl sites for hydroxylation is 1. The summed E-state index contributed by atoms with van der Waals surface area (Å²) < 4.78 is 1.53. The molecule has 0 saturated carbocycles. The molecule has 17 heavy (non-hydrogen) atoms. The van der Waals surface area contributed by atoms with E-state index in [1.165, 1.54) is 4.68 Å². The first-order valence-electron chi connectivity index (χ1n) is 5.99. The maximum atomic E-state index is 11.8. The number of nitrogens with zero attached hydrogens (tertiary/aromatic N) is 3. The molecule has 0 aromatic carbocycles. The first-order chi connectivity index (χ1) is 8.31. The van der Waals surface area contributed by atoms with E-state index in [2.05, 4.69) is 16.5 Å². The van der Waals surface area contributed by atoms with Crippen LogP contribution in [-0.2, 0) is 19.5 Å². The summed E-state index contributed by atoms with van der Waals surface area (Å²) >= 11 is 0. The number of unbranched alkanes of at least 4 members (excludes halogenated alkanes) is 2. The number of fused-ring (bicyclic) bond motifs is 1. The minimum Gasteiger partial charge on any atom is -0.312 e. The Kier molecular flexibility index (Phi) is 3.89. The van der Waals surface area contributed by atoms with Gasteiger partial charge in [-0.2, -0.15) is 10.4 Å². The second-order valence-corrected chi connectivity index (χ2v) is 4.22. The van der Waals surface area contributed by atoms with Crippen LogP contribution in [0.4, 0.5) is 0 Å². The molecule has 0 amide bonds. The number of hydrogen-bond donors (Lipinski definition) is 1. The summed E-state index contributed by atoms with van der Waals surface area (Å²) in [5, 5.41) is 16.1. The normalized spacial score (nSPS) is 14.1. The number of aromatic nitrogens is 2. The number of hydrogen-bond acceptors (Lipinski definition) is 4. The summed E-state index contributed by atoms with van der Waals surface area (Å²) in [5.41, 5.74) is 2.02. The monoisotopic (exact) mass is 232 g/mol. The van der Waals surface area contributed by atoms with E-state index in [4.69, 9.17) is 5.26 Å². The van der Waals surface area contributed by atoms with E-state index in [0.29, 0.717) is 13.0 Å². The van der Waals surface area contributed by atoms with E-state index < -0.39 is 0 Å². The highest BCUT2D eigenvalue weighted by molar-refractivity contribution is 5.20. The van der Waals surface area contributed by atoms with E-state index in [1.54, 1.807) is 6.07 Å². The van der Waals surface area contributed by atoms with Gasteiger partial charge < -0.3 is 5.32 Å². The molecule has 1 aromatic heterocycles. The molecule has 0 radical (unpaired) electrons. The Balaban J connectivity index is 2.07. The quantitative estimate of drug-likeness (QED) is 0.771. The molecule has 1 aliphatic heterocycles. The molecule has 90 valence electrons. The fourth-order valence-electron chi connectivity index (χ4n) is 1.99. The Bertz CT molecular complexity index is 486. The predicted octanol–water partition coefficient (Wildman–Crippen LogP) is 0.583. The maximum Gasteiger partial charge on any atom is 0.267 e. The van der Waals surface area contributed by atoms with E-state index >= 15 is 0 Å². The Morgan fingerprint density at radius 1 is 1.53 bits per heavy atom. The zero-order chi connectivity index (χ0) is 12.1.